The van der Waals surface area contributed by atoms with Crippen molar-refractivity contribution in [3.63, 3.8) is 0 Å². The number of carbonyl (C=O) groups excluding carboxylic acids is 2. The number of H-pyrrole nitrogens is 1. The van der Waals surface area contributed by atoms with Crippen molar-refractivity contribution < 1.29 is 14.1 Å². The van der Waals surface area contributed by atoms with Gasteiger partial charge in [-0.25, -0.2) is 4.98 Å². The van der Waals surface area contributed by atoms with E-state index in [1.165, 1.54) is 26.2 Å². The molecule has 3 N–H and O–H groups in total. The number of rotatable bonds is 7. The molecule has 180 valence electrons. The lowest BCUT2D eigenvalue weighted by Gasteiger charge is -2.30. The van der Waals surface area contributed by atoms with Crippen LogP contribution in [-0.4, -0.2) is 31.9 Å². The van der Waals surface area contributed by atoms with Crippen LogP contribution < -0.4 is 10.6 Å². The quantitative estimate of drug-likeness (QED) is 0.443. The standard InChI is InChI=1S/C25H32N6O3/c1-16(32)30-25(13-4-2-3-5-14-25)24-29-22(34-31-24)12-11-21(33)26-18-9-10-19-20(15-18)28-23(27-19)17-7-6-8-17/h9-10,15,17H,2-8,11-14H2,1H3,(H,26,33)(H,27,28)(H,30,32). The monoisotopic (exact) mass is 464 g/mol. The Labute approximate surface area is 198 Å². The largest absolute Gasteiger partial charge is 0.343 e. The van der Waals surface area contributed by atoms with Gasteiger partial charge in [-0.05, 0) is 43.9 Å². The molecule has 0 radical (unpaired) electrons. The molecule has 2 amide bonds. The highest BCUT2D eigenvalue weighted by Gasteiger charge is 2.38. The fourth-order valence-electron chi connectivity index (χ4n) is 5.05. The van der Waals surface area contributed by atoms with Gasteiger partial charge >= 0.3 is 0 Å². The summed E-state index contributed by atoms with van der Waals surface area (Å²) in [7, 11) is 0. The Bertz CT molecular complexity index is 1170. The van der Waals surface area contributed by atoms with Crippen LogP contribution in [0, 0.1) is 0 Å². The highest BCUT2D eigenvalue weighted by Crippen LogP contribution is 2.36. The number of hydrogen-bond donors (Lipinski definition) is 3. The van der Waals surface area contributed by atoms with E-state index in [1.54, 1.807) is 0 Å². The number of aromatic nitrogens is 4. The number of hydrogen-bond acceptors (Lipinski definition) is 6. The van der Waals surface area contributed by atoms with Crippen molar-refractivity contribution in [2.75, 3.05) is 5.32 Å². The van der Waals surface area contributed by atoms with Crippen molar-refractivity contribution in [3.8, 4) is 0 Å². The Hall–Kier alpha value is -3.23. The summed E-state index contributed by atoms with van der Waals surface area (Å²) in [5.74, 6) is 2.29. The van der Waals surface area contributed by atoms with Crippen molar-refractivity contribution in [2.45, 2.75) is 89.0 Å². The zero-order chi connectivity index (χ0) is 23.5. The smallest absolute Gasteiger partial charge is 0.227 e. The highest BCUT2D eigenvalue weighted by molar-refractivity contribution is 5.93. The van der Waals surface area contributed by atoms with E-state index >= 15 is 0 Å². The zero-order valence-corrected chi connectivity index (χ0v) is 19.7. The van der Waals surface area contributed by atoms with E-state index in [1.807, 2.05) is 18.2 Å². The molecule has 2 fully saturated rings. The lowest BCUT2D eigenvalue weighted by molar-refractivity contribution is -0.121. The van der Waals surface area contributed by atoms with Crippen LogP contribution in [0.5, 0.6) is 0 Å². The fraction of sp³-hybridized carbons (Fsp3) is 0.560. The topological polar surface area (TPSA) is 126 Å². The zero-order valence-electron chi connectivity index (χ0n) is 19.7. The second-order valence-electron chi connectivity index (χ2n) is 9.72. The second kappa shape index (κ2) is 9.56. The van der Waals surface area contributed by atoms with Crippen molar-refractivity contribution in [1.82, 2.24) is 25.4 Å². The first-order valence-electron chi connectivity index (χ1n) is 12.4. The van der Waals surface area contributed by atoms with Crippen LogP contribution in [-0.2, 0) is 21.5 Å². The average molecular weight is 465 g/mol. The van der Waals surface area contributed by atoms with Gasteiger partial charge in [0.1, 0.15) is 11.4 Å². The van der Waals surface area contributed by atoms with Crippen LogP contribution >= 0.6 is 0 Å². The van der Waals surface area contributed by atoms with Gasteiger partial charge in [-0.1, -0.05) is 37.3 Å². The molecular formula is C25H32N6O3. The van der Waals surface area contributed by atoms with Gasteiger partial charge in [0.15, 0.2) is 5.82 Å². The van der Waals surface area contributed by atoms with Gasteiger partial charge in [0.05, 0.1) is 11.0 Å². The molecular weight excluding hydrogens is 432 g/mol. The first-order valence-corrected chi connectivity index (χ1v) is 12.4. The third-order valence-corrected chi connectivity index (χ3v) is 7.11. The maximum absolute atomic E-state index is 12.6. The van der Waals surface area contributed by atoms with Crippen LogP contribution in [0.25, 0.3) is 11.0 Å². The highest BCUT2D eigenvalue weighted by atomic mass is 16.5. The minimum absolute atomic E-state index is 0.0957. The van der Waals surface area contributed by atoms with E-state index in [2.05, 4.69) is 30.7 Å². The third-order valence-electron chi connectivity index (χ3n) is 7.11. The van der Waals surface area contributed by atoms with Crippen LogP contribution in [0.3, 0.4) is 0 Å². The number of benzene rings is 1. The summed E-state index contributed by atoms with van der Waals surface area (Å²) in [6.45, 7) is 1.52. The molecule has 9 nitrogen and oxygen atoms in total. The van der Waals surface area contributed by atoms with Gasteiger partial charge in [-0.2, -0.15) is 4.98 Å². The molecule has 5 rings (SSSR count). The number of nitrogens with one attached hydrogen (secondary N) is 3. The molecule has 0 saturated heterocycles. The summed E-state index contributed by atoms with van der Waals surface area (Å²) in [5, 5.41) is 10.2. The molecule has 0 spiro atoms. The van der Waals surface area contributed by atoms with Crippen LogP contribution in [0.15, 0.2) is 22.7 Å². The molecule has 1 aromatic carbocycles. The fourth-order valence-corrected chi connectivity index (χ4v) is 5.05. The molecule has 2 aliphatic carbocycles. The second-order valence-corrected chi connectivity index (χ2v) is 9.72. The van der Waals surface area contributed by atoms with Gasteiger partial charge < -0.3 is 20.1 Å². The Morgan fingerprint density at radius 1 is 1.12 bits per heavy atom. The number of carbonyl (C=O) groups is 2. The molecule has 3 aromatic rings. The Balaban J connectivity index is 1.20. The molecule has 9 heteroatoms. The molecule has 0 aliphatic heterocycles. The maximum atomic E-state index is 12.6. The van der Waals surface area contributed by atoms with E-state index in [9.17, 15) is 9.59 Å². The number of fused-ring (bicyclic) bond motifs is 1. The SMILES string of the molecule is CC(=O)NC1(c2noc(CCC(=O)Nc3ccc4nc(C5CCC5)[nH]c4c3)n2)CCCCCC1. The number of nitrogens with zero attached hydrogens (tertiary/aromatic N) is 3. The molecule has 2 aliphatic rings. The molecule has 2 saturated carbocycles. The molecule has 0 bridgehead atoms. The van der Waals surface area contributed by atoms with Crippen molar-refractivity contribution in [1.29, 1.82) is 0 Å². The van der Waals surface area contributed by atoms with Crippen molar-refractivity contribution in [3.05, 3.63) is 35.7 Å². The summed E-state index contributed by atoms with van der Waals surface area (Å²) >= 11 is 0. The van der Waals surface area contributed by atoms with Gasteiger partial charge in [0, 0.05) is 31.4 Å². The van der Waals surface area contributed by atoms with E-state index in [0.29, 0.717) is 24.1 Å². The van der Waals surface area contributed by atoms with Gasteiger partial charge in [0.2, 0.25) is 17.7 Å². The normalized spacial score (nSPS) is 18.3. The Morgan fingerprint density at radius 3 is 2.62 bits per heavy atom. The summed E-state index contributed by atoms with van der Waals surface area (Å²) in [6.07, 6.45) is 10.1. The predicted molar refractivity (Wildman–Crippen MR) is 127 cm³/mol. The van der Waals surface area contributed by atoms with Crippen molar-refractivity contribution >= 4 is 28.5 Å². The first kappa shape index (κ1) is 22.6. The molecule has 0 unspecified atom stereocenters. The maximum Gasteiger partial charge on any atom is 0.227 e. The lowest BCUT2D eigenvalue weighted by Crippen LogP contribution is -2.45. The minimum atomic E-state index is -0.579. The van der Waals surface area contributed by atoms with Crippen LogP contribution in [0.2, 0.25) is 0 Å². The van der Waals surface area contributed by atoms with Crippen LogP contribution in [0.1, 0.15) is 94.6 Å². The lowest BCUT2D eigenvalue weighted by atomic mass is 9.85. The number of anilines is 1. The van der Waals surface area contributed by atoms with Gasteiger partial charge in [-0.3, -0.25) is 9.59 Å². The van der Waals surface area contributed by atoms with E-state index in [0.717, 1.165) is 61.1 Å². The summed E-state index contributed by atoms with van der Waals surface area (Å²) < 4.78 is 5.46. The average Bonchev–Trinajstić information content (AvgIpc) is 3.33. The van der Waals surface area contributed by atoms with E-state index in [-0.39, 0.29) is 18.2 Å². The summed E-state index contributed by atoms with van der Waals surface area (Å²) in [4.78, 5) is 37.1. The van der Waals surface area contributed by atoms with Gasteiger partial charge in [0.25, 0.3) is 0 Å². The Morgan fingerprint density at radius 2 is 1.91 bits per heavy atom. The first-order chi connectivity index (χ1) is 16.5. The van der Waals surface area contributed by atoms with Gasteiger partial charge in [-0.15, -0.1) is 0 Å². The molecule has 2 heterocycles. The number of aryl methyl sites for hydroxylation is 1. The molecule has 2 aromatic heterocycles. The van der Waals surface area contributed by atoms with E-state index < -0.39 is 5.54 Å². The van der Waals surface area contributed by atoms with E-state index in [4.69, 9.17) is 4.52 Å². The number of imidazole rings is 1. The Kier molecular flexibility index (Phi) is 6.34. The van der Waals surface area contributed by atoms with Crippen LogP contribution in [0.4, 0.5) is 5.69 Å². The number of aromatic amines is 1. The predicted octanol–water partition coefficient (Wildman–Crippen LogP) is 4.47. The molecule has 0 atom stereocenters. The summed E-state index contributed by atoms with van der Waals surface area (Å²) in [6, 6.07) is 5.73. The van der Waals surface area contributed by atoms with Crippen molar-refractivity contribution in [2.24, 2.45) is 0 Å². The number of amides is 2. The minimum Gasteiger partial charge on any atom is -0.343 e. The molecule has 34 heavy (non-hydrogen) atoms. The summed E-state index contributed by atoms with van der Waals surface area (Å²) in [5.41, 5.74) is 2.01. The third kappa shape index (κ3) is 4.83.